The summed E-state index contributed by atoms with van der Waals surface area (Å²) in [5.41, 5.74) is 1.40. The van der Waals surface area contributed by atoms with Crippen molar-refractivity contribution in [2.45, 2.75) is 13.3 Å². The number of hydrogen-bond donors (Lipinski definition) is 1. The molecule has 5 nitrogen and oxygen atoms in total. The Balaban J connectivity index is 2.27. The summed E-state index contributed by atoms with van der Waals surface area (Å²) in [5.74, 6) is -0.234. The number of hydrogen-bond acceptors (Lipinski definition) is 4. The summed E-state index contributed by atoms with van der Waals surface area (Å²) in [6.45, 7) is 1.91. The Morgan fingerprint density at radius 3 is 2.55 bits per heavy atom. The van der Waals surface area contributed by atoms with Gasteiger partial charge in [0.15, 0.2) is 5.75 Å². The van der Waals surface area contributed by atoms with Gasteiger partial charge in [0.2, 0.25) is 0 Å². The van der Waals surface area contributed by atoms with Gasteiger partial charge in [0.25, 0.3) is 0 Å². The van der Waals surface area contributed by atoms with Crippen molar-refractivity contribution >= 4 is 16.7 Å². The third-order valence-corrected chi connectivity index (χ3v) is 3.54. The van der Waals surface area contributed by atoms with E-state index in [2.05, 4.69) is 0 Å². The molecule has 1 heterocycles. The van der Waals surface area contributed by atoms with Crippen LogP contribution in [0, 0.1) is 15.9 Å². The van der Waals surface area contributed by atoms with E-state index < -0.39 is 16.4 Å². The summed E-state index contributed by atoms with van der Waals surface area (Å²) < 4.78 is 18.8. The average molecular weight is 301 g/mol. The van der Waals surface area contributed by atoms with Crippen molar-refractivity contribution in [1.29, 1.82) is 0 Å². The summed E-state index contributed by atoms with van der Waals surface area (Å²) >= 11 is 0. The molecule has 0 atom stereocenters. The lowest BCUT2D eigenvalue weighted by Crippen LogP contribution is -1.88. The Labute approximate surface area is 124 Å². The van der Waals surface area contributed by atoms with E-state index in [1.807, 2.05) is 6.92 Å². The fourth-order valence-electron chi connectivity index (χ4n) is 2.50. The van der Waals surface area contributed by atoms with Gasteiger partial charge in [-0.2, -0.15) is 0 Å². The van der Waals surface area contributed by atoms with Crippen molar-refractivity contribution in [1.82, 2.24) is 0 Å². The minimum atomic E-state index is -0.666. The Morgan fingerprint density at radius 1 is 1.27 bits per heavy atom. The second kappa shape index (κ2) is 5.14. The second-order valence-electron chi connectivity index (χ2n) is 4.86. The smallest absolute Gasteiger partial charge is 0.314 e. The molecule has 0 spiro atoms. The van der Waals surface area contributed by atoms with E-state index in [1.165, 1.54) is 24.3 Å². The maximum Gasteiger partial charge on any atom is 0.314 e. The number of aryl methyl sites for hydroxylation is 1. The molecule has 0 aliphatic rings. The monoisotopic (exact) mass is 301 g/mol. The minimum Gasteiger partial charge on any atom is -0.502 e. The molecule has 0 unspecified atom stereocenters. The number of fused-ring (bicyclic) bond motifs is 1. The Morgan fingerprint density at radius 2 is 1.95 bits per heavy atom. The summed E-state index contributed by atoms with van der Waals surface area (Å²) in [7, 11) is 0. The van der Waals surface area contributed by atoms with Crippen LogP contribution in [0.15, 0.2) is 40.8 Å². The van der Waals surface area contributed by atoms with Gasteiger partial charge in [-0.3, -0.25) is 10.1 Å². The number of nitro groups is 1. The topological polar surface area (TPSA) is 76.5 Å². The molecule has 0 bridgehead atoms. The summed E-state index contributed by atoms with van der Waals surface area (Å²) in [6.07, 6.45) is 0.608. The van der Waals surface area contributed by atoms with Gasteiger partial charge in [-0.05, 0) is 36.8 Å². The lowest BCUT2D eigenvalue weighted by atomic mass is 10.0. The first-order valence-electron chi connectivity index (χ1n) is 6.70. The normalized spacial score (nSPS) is 11.0. The van der Waals surface area contributed by atoms with Gasteiger partial charge in [-0.25, -0.2) is 4.39 Å². The standard InChI is InChI=1S/C16H12FNO4/c1-2-11-12-7-14(19)13(18(20)21)8-15(12)22-16(11)9-3-5-10(17)6-4-9/h3-8,19H,2H2,1H3. The van der Waals surface area contributed by atoms with Crippen LogP contribution in [0.4, 0.5) is 10.1 Å². The first-order chi connectivity index (χ1) is 10.5. The van der Waals surface area contributed by atoms with Crippen molar-refractivity contribution in [3.05, 3.63) is 57.9 Å². The zero-order valence-corrected chi connectivity index (χ0v) is 11.7. The molecule has 0 radical (unpaired) electrons. The molecule has 3 rings (SSSR count). The first-order valence-corrected chi connectivity index (χ1v) is 6.70. The van der Waals surface area contributed by atoms with Gasteiger partial charge in [0.05, 0.1) is 11.0 Å². The molecule has 0 saturated heterocycles. The van der Waals surface area contributed by atoms with E-state index in [0.717, 1.165) is 5.56 Å². The Bertz CT molecular complexity index is 868. The van der Waals surface area contributed by atoms with E-state index in [-0.39, 0.29) is 5.82 Å². The van der Waals surface area contributed by atoms with Crippen LogP contribution in [0.3, 0.4) is 0 Å². The molecule has 6 heteroatoms. The van der Waals surface area contributed by atoms with E-state index in [4.69, 9.17) is 4.42 Å². The highest BCUT2D eigenvalue weighted by molar-refractivity contribution is 5.91. The molecule has 1 N–H and O–H groups in total. The molecule has 0 aliphatic heterocycles. The quantitative estimate of drug-likeness (QED) is 0.574. The van der Waals surface area contributed by atoms with Crippen molar-refractivity contribution in [3.8, 4) is 17.1 Å². The fraction of sp³-hybridized carbons (Fsp3) is 0.125. The highest BCUT2D eigenvalue weighted by Crippen LogP contribution is 2.39. The van der Waals surface area contributed by atoms with E-state index in [9.17, 15) is 19.6 Å². The maximum atomic E-state index is 13.0. The molecule has 2 aromatic carbocycles. The fourth-order valence-corrected chi connectivity index (χ4v) is 2.50. The number of nitro benzene ring substituents is 1. The highest BCUT2D eigenvalue weighted by Gasteiger charge is 2.21. The largest absolute Gasteiger partial charge is 0.502 e. The van der Waals surface area contributed by atoms with Gasteiger partial charge in [0, 0.05) is 16.5 Å². The predicted octanol–water partition coefficient (Wildman–Crippen LogP) is 4.42. The number of rotatable bonds is 3. The molecule has 0 saturated carbocycles. The van der Waals surface area contributed by atoms with Gasteiger partial charge in [0.1, 0.15) is 17.2 Å². The third-order valence-electron chi connectivity index (χ3n) is 3.54. The summed E-state index contributed by atoms with van der Waals surface area (Å²) in [4.78, 5) is 10.2. The summed E-state index contributed by atoms with van der Waals surface area (Å²) in [5, 5.41) is 21.3. The van der Waals surface area contributed by atoms with Gasteiger partial charge in [-0.1, -0.05) is 6.92 Å². The number of phenolic OH excluding ortho intramolecular Hbond substituents is 1. The maximum absolute atomic E-state index is 13.0. The number of nitrogens with zero attached hydrogens (tertiary/aromatic N) is 1. The third kappa shape index (κ3) is 2.18. The molecule has 22 heavy (non-hydrogen) atoms. The van der Waals surface area contributed by atoms with Crippen LogP contribution in [0.1, 0.15) is 12.5 Å². The number of furan rings is 1. The van der Waals surface area contributed by atoms with E-state index in [1.54, 1.807) is 12.1 Å². The lowest BCUT2D eigenvalue weighted by Gasteiger charge is -2.00. The summed E-state index contributed by atoms with van der Waals surface area (Å²) in [6, 6.07) is 8.35. The van der Waals surface area contributed by atoms with Crippen LogP contribution in [-0.4, -0.2) is 10.0 Å². The zero-order chi connectivity index (χ0) is 15.9. The Hall–Kier alpha value is -2.89. The molecular weight excluding hydrogens is 289 g/mol. The molecule has 1 aromatic heterocycles. The molecule has 0 aliphatic carbocycles. The van der Waals surface area contributed by atoms with Crippen LogP contribution in [0.5, 0.6) is 5.75 Å². The molecular formula is C16H12FNO4. The van der Waals surface area contributed by atoms with Crippen LogP contribution in [0.2, 0.25) is 0 Å². The second-order valence-corrected chi connectivity index (χ2v) is 4.86. The number of benzene rings is 2. The molecule has 112 valence electrons. The molecule has 0 fully saturated rings. The molecule has 3 aromatic rings. The van der Waals surface area contributed by atoms with Crippen LogP contribution >= 0.6 is 0 Å². The zero-order valence-electron chi connectivity index (χ0n) is 11.7. The highest BCUT2D eigenvalue weighted by atomic mass is 19.1. The van der Waals surface area contributed by atoms with E-state index >= 15 is 0 Å². The van der Waals surface area contributed by atoms with Crippen molar-refractivity contribution in [3.63, 3.8) is 0 Å². The van der Waals surface area contributed by atoms with Crippen LogP contribution in [0.25, 0.3) is 22.3 Å². The average Bonchev–Trinajstić information content (AvgIpc) is 2.84. The first kappa shape index (κ1) is 14.1. The van der Waals surface area contributed by atoms with Crippen LogP contribution < -0.4 is 0 Å². The van der Waals surface area contributed by atoms with E-state index in [0.29, 0.717) is 28.7 Å². The van der Waals surface area contributed by atoms with Crippen LogP contribution in [-0.2, 0) is 6.42 Å². The van der Waals surface area contributed by atoms with Gasteiger partial charge >= 0.3 is 5.69 Å². The van der Waals surface area contributed by atoms with Crippen molar-refractivity contribution < 1.29 is 18.8 Å². The number of halogens is 1. The van der Waals surface area contributed by atoms with Crippen molar-refractivity contribution in [2.24, 2.45) is 0 Å². The minimum absolute atomic E-state index is 0.320. The molecule has 0 amide bonds. The SMILES string of the molecule is CCc1c(-c2ccc(F)cc2)oc2cc([N+](=O)[O-])c(O)cc12. The predicted molar refractivity (Wildman–Crippen MR) is 79.3 cm³/mol. The Kier molecular flexibility index (Phi) is 3.29. The van der Waals surface area contributed by atoms with Crippen molar-refractivity contribution in [2.75, 3.05) is 0 Å². The number of aromatic hydroxyl groups is 1. The number of phenols is 1. The van der Waals surface area contributed by atoms with Gasteiger partial charge < -0.3 is 9.52 Å². The van der Waals surface area contributed by atoms with Gasteiger partial charge in [-0.15, -0.1) is 0 Å². The lowest BCUT2D eigenvalue weighted by molar-refractivity contribution is -0.385.